The molecule has 0 radical (unpaired) electrons. The Morgan fingerprint density at radius 1 is 1.26 bits per heavy atom. The van der Waals surface area contributed by atoms with Gasteiger partial charge in [0.1, 0.15) is 12.7 Å². The number of halogens is 1. The lowest BCUT2D eigenvalue weighted by atomic mass is 10.1. The van der Waals surface area contributed by atoms with Gasteiger partial charge in [-0.2, -0.15) is 0 Å². The Kier molecular flexibility index (Phi) is 7.05. The van der Waals surface area contributed by atoms with Crippen LogP contribution >= 0.6 is 0 Å². The Hall–Kier alpha value is -1.57. The molecular weight excluding hydrogens is 338 g/mol. The van der Waals surface area contributed by atoms with Crippen molar-refractivity contribution in [2.24, 2.45) is 0 Å². The van der Waals surface area contributed by atoms with Crippen LogP contribution in [0, 0.1) is 0 Å². The van der Waals surface area contributed by atoms with Crippen molar-refractivity contribution in [3.63, 3.8) is 0 Å². The molecule has 1 aliphatic rings. The summed E-state index contributed by atoms with van der Waals surface area (Å²) in [5.74, 6) is 0.0641. The number of anilines is 1. The first kappa shape index (κ1) is 19.5. The van der Waals surface area contributed by atoms with Gasteiger partial charge in [0.25, 0.3) is 0 Å². The Balaban J connectivity index is 0.00000264. The number of hydrogen-bond donors (Lipinski definition) is 2. The highest BCUT2D eigenvalue weighted by molar-refractivity contribution is 7.92. The Bertz CT molecular complexity index is 659. The summed E-state index contributed by atoms with van der Waals surface area (Å²) in [6.45, 7) is 5.78. The molecular formula is C15H22ClN3O3S. The maximum Gasteiger partial charge on any atom is 0.232 e. The molecule has 23 heavy (non-hydrogen) atoms. The molecule has 0 saturated heterocycles. The van der Waals surface area contributed by atoms with Gasteiger partial charge in [0.15, 0.2) is 6.67 Å². The van der Waals surface area contributed by atoms with E-state index in [1.54, 1.807) is 31.2 Å². The molecule has 128 valence electrons. The molecule has 0 saturated carbocycles. The number of nitrogens with one attached hydrogen (secondary N) is 2. The minimum atomic E-state index is -3.29. The Labute approximate surface area is 143 Å². The summed E-state index contributed by atoms with van der Waals surface area (Å²) < 4.78 is 25.4. The number of nitrogens with zero attached hydrogens (tertiary/aromatic N) is 1. The highest BCUT2D eigenvalue weighted by Crippen LogP contribution is 2.11. The van der Waals surface area contributed by atoms with Crippen molar-refractivity contribution >= 4 is 21.5 Å². The van der Waals surface area contributed by atoms with Crippen LogP contribution in [-0.4, -0.2) is 44.6 Å². The third-order valence-corrected chi connectivity index (χ3v) is 4.89. The first-order chi connectivity index (χ1) is 10.4. The van der Waals surface area contributed by atoms with E-state index in [4.69, 9.17) is 0 Å². The van der Waals surface area contributed by atoms with Crippen molar-refractivity contribution in [2.45, 2.75) is 13.8 Å². The quantitative estimate of drug-likeness (QED) is 0.519. The Morgan fingerprint density at radius 3 is 2.43 bits per heavy atom. The van der Waals surface area contributed by atoms with Crippen LogP contribution in [0.2, 0.25) is 0 Å². The first-order valence-corrected chi connectivity index (χ1v) is 8.99. The molecule has 0 amide bonds. The Morgan fingerprint density at radius 2 is 1.91 bits per heavy atom. The van der Waals surface area contributed by atoms with Gasteiger partial charge < -0.3 is 17.3 Å². The van der Waals surface area contributed by atoms with Crippen molar-refractivity contribution < 1.29 is 30.5 Å². The van der Waals surface area contributed by atoms with Gasteiger partial charge in [-0.25, -0.2) is 8.42 Å². The fourth-order valence-corrected chi connectivity index (χ4v) is 2.83. The van der Waals surface area contributed by atoms with E-state index in [2.05, 4.69) is 16.5 Å². The number of carbonyl (C=O) groups is 1. The van der Waals surface area contributed by atoms with Crippen molar-refractivity contribution in [2.75, 3.05) is 30.2 Å². The van der Waals surface area contributed by atoms with Crippen molar-refractivity contribution in [1.29, 1.82) is 0 Å². The monoisotopic (exact) mass is 359 g/mol. The largest absolute Gasteiger partial charge is 1.00 e. The molecule has 1 aromatic carbocycles. The summed E-state index contributed by atoms with van der Waals surface area (Å²) in [5.41, 5.74) is 1.07. The second-order valence-corrected chi connectivity index (χ2v) is 7.23. The lowest BCUT2D eigenvalue weighted by Crippen LogP contribution is -3.08. The van der Waals surface area contributed by atoms with E-state index in [-0.39, 0.29) is 23.9 Å². The SMILES string of the molecule is CCN1C=C[NH+](CC(=O)c2ccc(NS(=O)(=O)CC)cc2)C1.[Cl-]. The predicted molar refractivity (Wildman–Crippen MR) is 86.1 cm³/mol. The summed E-state index contributed by atoms with van der Waals surface area (Å²) in [6, 6.07) is 6.56. The zero-order valence-corrected chi connectivity index (χ0v) is 14.8. The van der Waals surface area contributed by atoms with E-state index in [1.165, 1.54) is 0 Å². The molecule has 1 atom stereocenters. The van der Waals surface area contributed by atoms with Crippen LogP contribution in [0.25, 0.3) is 0 Å². The average molecular weight is 360 g/mol. The first-order valence-electron chi connectivity index (χ1n) is 7.34. The fraction of sp³-hybridized carbons (Fsp3) is 0.400. The molecule has 1 heterocycles. The number of rotatable bonds is 7. The lowest BCUT2D eigenvalue weighted by Gasteiger charge is -2.14. The number of Topliss-reactive ketones (excluding diaryl/α,β-unsaturated/α-hetero) is 1. The molecule has 1 unspecified atom stereocenters. The smallest absolute Gasteiger partial charge is 0.232 e. The van der Waals surface area contributed by atoms with Crippen LogP contribution < -0.4 is 22.0 Å². The molecule has 2 N–H and O–H groups in total. The van der Waals surface area contributed by atoms with Crippen LogP contribution in [0.1, 0.15) is 24.2 Å². The van der Waals surface area contributed by atoms with Gasteiger partial charge in [-0.3, -0.25) is 14.4 Å². The second kappa shape index (κ2) is 8.33. The van der Waals surface area contributed by atoms with E-state index in [0.717, 1.165) is 18.1 Å². The average Bonchev–Trinajstić information content (AvgIpc) is 2.95. The molecule has 8 heteroatoms. The van der Waals surface area contributed by atoms with E-state index < -0.39 is 10.0 Å². The predicted octanol–water partition coefficient (Wildman–Crippen LogP) is -2.72. The van der Waals surface area contributed by atoms with Crippen molar-refractivity contribution in [3.8, 4) is 0 Å². The number of sulfonamides is 1. The topological polar surface area (TPSA) is 70.9 Å². The minimum Gasteiger partial charge on any atom is -1.00 e. The maximum atomic E-state index is 12.2. The van der Waals surface area contributed by atoms with Gasteiger partial charge in [-0.05, 0) is 38.1 Å². The molecule has 1 aromatic rings. The van der Waals surface area contributed by atoms with Crippen molar-refractivity contribution in [3.05, 3.63) is 42.2 Å². The number of benzene rings is 1. The number of quaternary nitrogens is 1. The third kappa shape index (κ3) is 5.53. The van der Waals surface area contributed by atoms with Gasteiger partial charge in [0.2, 0.25) is 15.8 Å². The second-order valence-electron chi connectivity index (χ2n) is 5.22. The van der Waals surface area contributed by atoms with Gasteiger partial charge in [-0.1, -0.05) is 0 Å². The van der Waals surface area contributed by atoms with Gasteiger partial charge in [0, 0.05) is 17.8 Å². The van der Waals surface area contributed by atoms with E-state index in [0.29, 0.717) is 17.8 Å². The summed E-state index contributed by atoms with van der Waals surface area (Å²) in [6.07, 6.45) is 4.00. The minimum absolute atomic E-state index is 0. The number of hydrogen-bond acceptors (Lipinski definition) is 4. The number of ketones is 1. The number of carbonyl (C=O) groups excluding carboxylic acids is 1. The van der Waals surface area contributed by atoms with Crippen LogP contribution in [-0.2, 0) is 10.0 Å². The van der Waals surface area contributed by atoms with Crippen LogP contribution in [0.3, 0.4) is 0 Å². The van der Waals surface area contributed by atoms with Crippen LogP contribution in [0.4, 0.5) is 5.69 Å². The molecule has 1 aliphatic heterocycles. The maximum absolute atomic E-state index is 12.2. The molecule has 0 spiro atoms. The summed E-state index contributed by atoms with van der Waals surface area (Å²) >= 11 is 0. The van der Waals surface area contributed by atoms with Gasteiger partial charge >= 0.3 is 0 Å². The van der Waals surface area contributed by atoms with Crippen LogP contribution in [0.5, 0.6) is 0 Å². The summed E-state index contributed by atoms with van der Waals surface area (Å²) in [7, 11) is -3.29. The highest BCUT2D eigenvalue weighted by Gasteiger charge is 2.20. The normalized spacial score (nSPS) is 17.0. The zero-order valence-electron chi connectivity index (χ0n) is 13.3. The summed E-state index contributed by atoms with van der Waals surface area (Å²) in [5, 5.41) is 0. The van der Waals surface area contributed by atoms with E-state index in [9.17, 15) is 13.2 Å². The van der Waals surface area contributed by atoms with Gasteiger partial charge in [0.05, 0.1) is 12.0 Å². The standard InChI is InChI=1S/C15H21N3O3S.ClH/c1-3-17-9-10-18(12-17)11-15(19)13-5-7-14(8-6-13)16-22(20,21)4-2;/h5-10,16H,3-4,11-12H2,1-2H3;1H. The third-order valence-electron chi connectivity index (χ3n) is 3.58. The van der Waals surface area contributed by atoms with E-state index >= 15 is 0 Å². The molecule has 0 aliphatic carbocycles. The molecule has 0 bridgehead atoms. The van der Waals surface area contributed by atoms with Gasteiger partial charge in [-0.15, -0.1) is 0 Å². The summed E-state index contributed by atoms with van der Waals surface area (Å²) in [4.78, 5) is 15.5. The highest BCUT2D eigenvalue weighted by atomic mass is 35.5. The van der Waals surface area contributed by atoms with E-state index in [1.807, 2.05) is 12.4 Å². The molecule has 6 nitrogen and oxygen atoms in total. The lowest BCUT2D eigenvalue weighted by molar-refractivity contribution is -0.839. The molecule has 2 rings (SSSR count). The molecule has 0 aromatic heterocycles. The van der Waals surface area contributed by atoms with Crippen molar-refractivity contribution in [1.82, 2.24) is 4.90 Å². The fourth-order valence-electron chi connectivity index (χ4n) is 2.19. The molecule has 0 fully saturated rings. The zero-order chi connectivity index (χ0) is 16.2. The van der Waals surface area contributed by atoms with Crippen LogP contribution in [0.15, 0.2) is 36.7 Å².